The lowest BCUT2D eigenvalue weighted by Gasteiger charge is -2.10. The highest BCUT2D eigenvalue weighted by molar-refractivity contribution is 5.74. The minimum Gasteiger partial charge on any atom is -0.494 e. The van der Waals surface area contributed by atoms with Crippen LogP contribution in [0.4, 0.5) is 8.78 Å². The molecule has 1 heterocycles. The van der Waals surface area contributed by atoms with Gasteiger partial charge in [-0.25, -0.2) is 13.8 Å². The second-order valence-corrected chi connectivity index (χ2v) is 5.10. The Labute approximate surface area is 141 Å². The normalized spacial score (nSPS) is 10.3. The zero-order valence-corrected chi connectivity index (χ0v) is 13.0. The molecule has 0 spiro atoms. The minimum absolute atomic E-state index is 0.0745. The van der Waals surface area contributed by atoms with Crippen LogP contribution in [0.3, 0.4) is 0 Å². The van der Waals surface area contributed by atoms with Crippen LogP contribution in [0.2, 0.25) is 0 Å². The molecule has 3 rings (SSSR count). The fourth-order valence-electron chi connectivity index (χ4n) is 2.41. The molecule has 7 heteroatoms. The maximum absolute atomic E-state index is 14.0. The van der Waals surface area contributed by atoms with E-state index in [2.05, 4.69) is 4.98 Å². The Morgan fingerprint density at radius 3 is 2.60 bits per heavy atom. The highest BCUT2D eigenvalue weighted by Crippen LogP contribution is 2.27. The molecule has 2 aromatic carbocycles. The van der Waals surface area contributed by atoms with Crippen LogP contribution in [0.15, 0.2) is 42.6 Å². The highest BCUT2D eigenvalue weighted by Gasteiger charge is 2.15. The SMILES string of the molecule is COc1ccc(-n2cc(C=O)nc2-c2ccc(C#N)c(F)c2)cc1F. The molecule has 0 aliphatic heterocycles. The molecule has 0 radical (unpaired) electrons. The predicted octanol–water partition coefficient (Wildman–Crippen LogP) is 3.51. The van der Waals surface area contributed by atoms with Crippen molar-refractivity contribution in [3.63, 3.8) is 0 Å². The number of hydrogen-bond acceptors (Lipinski definition) is 4. The molecular formula is C18H11F2N3O2. The van der Waals surface area contributed by atoms with Crippen molar-refractivity contribution in [2.45, 2.75) is 0 Å². The Hall–Kier alpha value is -3.53. The van der Waals surface area contributed by atoms with Gasteiger partial charge in [-0.15, -0.1) is 0 Å². The van der Waals surface area contributed by atoms with E-state index < -0.39 is 11.6 Å². The van der Waals surface area contributed by atoms with Gasteiger partial charge in [-0.1, -0.05) is 0 Å². The number of halogens is 2. The molecule has 25 heavy (non-hydrogen) atoms. The van der Waals surface area contributed by atoms with E-state index in [1.165, 1.54) is 42.1 Å². The molecule has 0 saturated heterocycles. The maximum atomic E-state index is 14.0. The zero-order chi connectivity index (χ0) is 18.0. The molecule has 0 unspecified atom stereocenters. The fraction of sp³-hybridized carbons (Fsp3) is 0.0556. The smallest absolute Gasteiger partial charge is 0.170 e. The molecule has 1 aromatic heterocycles. The molecule has 0 amide bonds. The number of aromatic nitrogens is 2. The molecule has 0 aliphatic rings. The number of aldehydes is 1. The molecule has 124 valence electrons. The van der Waals surface area contributed by atoms with E-state index in [0.29, 0.717) is 17.5 Å². The summed E-state index contributed by atoms with van der Waals surface area (Å²) in [6.45, 7) is 0. The number of nitriles is 1. The molecular weight excluding hydrogens is 328 g/mol. The first kappa shape index (κ1) is 16.3. The lowest BCUT2D eigenvalue weighted by Crippen LogP contribution is -1.99. The van der Waals surface area contributed by atoms with Crippen molar-refractivity contribution in [2.24, 2.45) is 0 Å². The number of methoxy groups -OCH3 is 1. The average molecular weight is 339 g/mol. The lowest BCUT2D eigenvalue weighted by molar-refractivity contribution is 0.111. The van der Waals surface area contributed by atoms with Crippen molar-refractivity contribution in [3.8, 4) is 28.9 Å². The van der Waals surface area contributed by atoms with Crippen molar-refractivity contribution in [1.29, 1.82) is 5.26 Å². The summed E-state index contributed by atoms with van der Waals surface area (Å²) in [6.07, 6.45) is 1.96. The summed E-state index contributed by atoms with van der Waals surface area (Å²) in [5, 5.41) is 8.82. The monoisotopic (exact) mass is 339 g/mol. The van der Waals surface area contributed by atoms with Crippen LogP contribution in [-0.4, -0.2) is 22.9 Å². The van der Waals surface area contributed by atoms with E-state index in [9.17, 15) is 13.6 Å². The van der Waals surface area contributed by atoms with E-state index in [1.807, 2.05) is 0 Å². The van der Waals surface area contributed by atoms with Gasteiger partial charge in [0.25, 0.3) is 0 Å². The summed E-state index contributed by atoms with van der Waals surface area (Å²) in [4.78, 5) is 15.2. The van der Waals surface area contributed by atoms with Crippen molar-refractivity contribution in [1.82, 2.24) is 9.55 Å². The van der Waals surface area contributed by atoms with Gasteiger partial charge in [-0.3, -0.25) is 9.36 Å². The quantitative estimate of drug-likeness (QED) is 0.682. The number of hydrogen-bond donors (Lipinski definition) is 0. The molecule has 0 aliphatic carbocycles. The summed E-state index contributed by atoms with van der Waals surface area (Å²) in [7, 11) is 1.35. The van der Waals surface area contributed by atoms with Crippen molar-refractivity contribution >= 4 is 6.29 Å². The molecule has 0 bridgehead atoms. The van der Waals surface area contributed by atoms with Crippen molar-refractivity contribution < 1.29 is 18.3 Å². The van der Waals surface area contributed by atoms with Gasteiger partial charge in [0.05, 0.1) is 18.4 Å². The second-order valence-electron chi connectivity index (χ2n) is 5.10. The van der Waals surface area contributed by atoms with Gasteiger partial charge in [0, 0.05) is 17.8 Å². The van der Waals surface area contributed by atoms with E-state index in [0.717, 1.165) is 6.07 Å². The standard InChI is InChI=1S/C18H11F2N3O2/c1-25-17-5-4-14(7-16(17)20)23-9-13(10-24)22-18(23)11-2-3-12(8-21)15(19)6-11/h2-7,9-10H,1H3. The summed E-state index contributed by atoms with van der Waals surface area (Å²) >= 11 is 0. The Morgan fingerprint density at radius 2 is 2.00 bits per heavy atom. The van der Waals surface area contributed by atoms with E-state index in [-0.39, 0.29) is 22.8 Å². The van der Waals surface area contributed by atoms with Crippen LogP contribution in [-0.2, 0) is 0 Å². The average Bonchev–Trinajstić information content (AvgIpc) is 3.06. The summed E-state index contributed by atoms with van der Waals surface area (Å²) in [5.74, 6) is -0.970. The largest absolute Gasteiger partial charge is 0.494 e. The Morgan fingerprint density at radius 1 is 1.20 bits per heavy atom. The predicted molar refractivity (Wildman–Crippen MR) is 85.6 cm³/mol. The molecule has 0 atom stereocenters. The van der Waals surface area contributed by atoms with Gasteiger partial charge in [0.2, 0.25) is 0 Å². The minimum atomic E-state index is -0.705. The summed E-state index contributed by atoms with van der Waals surface area (Å²) < 4.78 is 34.3. The number of rotatable bonds is 4. The van der Waals surface area contributed by atoms with Crippen molar-refractivity contribution in [2.75, 3.05) is 7.11 Å². The number of carbonyl (C=O) groups is 1. The third kappa shape index (κ3) is 2.97. The van der Waals surface area contributed by atoms with E-state index in [4.69, 9.17) is 10.00 Å². The number of ether oxygens (including phenoxy) is 1. The van der Waals surface area contributed by atoms with Crippen molar-refractivity contribution in [3.05, 3.63) is 65.5 Å². The number of carbonyl (C=O) groups excluding carboxylic acids is 1. The molecule has 0 N–H and O–H groups in total. The van der Waals surface area contributed by atoms with Crippen LogP contribution in [0.1, 0.15) is 16.1 Å². The molecule has 0 saturated carbocycles. The fourth-order valence-corrected chi connectivity index (χ4v) is 2.41. The maximum Gasteiger partial charge on any atom is 0.170 e. The van der Waals surface area contributed by atoms with Gasteiger partial charge in [-0.2, -0.15) is 5.26 Å². The Balaban J connectivity index is 2.17. The summed E-state index contributed by atoms with van der Waals surface area (Å²) in [6, 6.07) is 9.95. The van der Waals surface area contributed by atoms with Crippen LogP contribution < -0.4 is 4.74 Å². The van der Waals surface area contributed by atoms with Gasteiger partial charge in [-0.05, 0) is 30.3 Å². The van der Waals surface area contributed by atoms with Gasteiger partial charge in [0.1, 0.15) is 23.4 Å². The first-order chi connectivity index (χ1) is 12.1. The van der Waals surface area contributed by atoms with Gasteiger partial charge < -0.3 is 4.74 Å². The van der Waals surface area contributed by atoms with Crippen LogP contribution in [0.25, 0.3) is 17.1 Å². The summed E-state index contributed by atoms with van der Waals surface area (Å²) in [5.41, 5.74) is 0.739. The number of imidazole rings is 1. The Kier molecular flexibility index (Phi) is 4.27. The van der Waals surface area contributed by atoms with Crippen LogP contribution in [0.5, 0.6) is 5.75 Å². The first-order valence-corrected chi connectivity index (χ1v) is 7.16. The third-order valence-electron chi connectivity index (χ3n) is 3.61. The van der Waals surface area contributed by atoms with E-state index >= 15 is 0 Å². The highest BCUT2D eigenvalue weighted by atomic mass is 19.1. The molecule has 0 fully saturated rings. The van der Waals surface area contributed by atoms with Crippen LogP contribution >= 0.6 is 0 Å². The Bertz CT molecular complexity index is 1010. The topological polar surface area (TPSA) is 67.9 Å². The first-order valence-electron chi connectivity index (χ1n) is 7.16. The molecule has 5 nitrogen and oxygen atoms in total. The van der Waals surface area contributed by atoms with Gasteiger partial charge >= 0.3 is 0 Å². The second kappa shape index (κ2) is 6.53. The number of benzene rings is 2. The lowest BCUT2D eigenvalue weighted by atomic mass is 10.1. The third-order valence-corrected chi connectivity index (χ3v) is 3.61. The molecule has 3 aromatic rings. The zero-order valence-electron chi connectivity index (χ0n) is 13.0. The van der Waals surface area contributed by atoms with Gasteiger partial charge in [0.15, 0.2) is 17.9 Å². The number of nitrogens with zero attached hydrogens (tertiary/aromatic N) is 3. The van der Waals surface area contributed by atoms with Crippen LogP contribution in [0, 0.1) is 23.0 Å². The van der Waals surface area contributed by atoms with E-state index in [1.54, 1.807) is 12.1 Å².